The minimum atomic E-state index is -0.475. The lowest BCUT2D eigenvalue weighted by Crippen LogP contribution is -2.18. The van der Waals surface area contributed by atoms with Crippen molar-refractivity contribution in [1.82, 2.24) is 35.0 Å². The summed E-state index contributed by atoms with van der Waals surface area (Å²) in [4.78, 5) is 4.62. The first-order chi connectivity index (χ1) is 13.2. The van der Waals surface area contributed by atoms with E-state index in [1.165, 1.54) is 0 Å². The summed E-state index contributed by atoms with van der Waals surface area (Å²) >= 11 is 0. The lowest BCUT2D eigenvalue weighted by atomic mass is 10.1. The Labute approximate surface area is 155 Å². The minimum Gasteiger partial charge on any atom is -0.461 e. The van der Waals surface area contributed by atoms with E-state index in [0.29, 0.717) is 31.0 Å². The highest BCUT2D eigenvalue weighted by Crippen LogP contribution is 2.19. The van der Waals surface area contributed by atoms with Crippen LogP contribution in [-0.2, 0) is 13.0 Å². The molecule has 138 valence electrons. The quantitative estimate of drug-likeness (QED) is 0.533. The molecular formula is C18H19N7O2. The Morgan fingerprint density at radius 3 is 2.70 bits per heavy atom. The predicted molar refractivity (Wildman–Crippen MR) is 96.0 cm³/mol. The van der Waals surface area contributed by atoms with E-state index in [4.69, 9.17) is 4.42 Å². The first-order valence-corrected chi connectivity index (χ1v) is 8.71. The summed E-state index contributed by atoms with van der Waals surface area (Å²) in [7, 11) is 0. The Balaban J connectivity index is 1.60. The van der Waals surface area contributed by atoms with Gasteiger partial charge < -0.3 is 9.52 Å². The van der Waals surface area contributed by atoms with Crippen LogP contribution in [0.4, 0.5) is 0 Å². The molecule has 0 radical (unpaired) electrons. The molecule has 0 saturated carbocycles. The molecule has 0 bridgehead atoms. The number of nitrogens with zero attached hydrogens (tertiary/aromatic N) is 7. The van der Waals surface area contributed by atoms with Gasteiger partial charge in [0.25, 0.3) is 0 Å². The molecule has 0 fully saturated rings. The molecule has 4 rings (SSSR count). The molecule has 9 nitrogen and oxygen atoms in total. The van der Waals surface area contributed by atoms with Crippen molar-refractivity contribution in [2.24, 2.45) is 0 Å². The van der Waals surface area contributed by atoms with Crippen molar-refractivity contribution in [3.63, 3.8) is 0 Å². The first-order valence-electron chi connectivity index (χ1n) is 8.71. The molecule has 0 unspecified atom stereocenters. The normalized spacial score (nSPS) is 12.4. The van der Waals surface area contributed by atoms with Gasteiger partial charge in [-0.25, -0.2) is 14.3 Å². The van der Waals surface area contributed by atoms with Crippen molar-refractivity contribution in [2.75, 3.05) is 0 Å². The van der Waals surface area contributed by atoms with E-state index in [1.807, 2.05) is 37.3 Å². The molecule has 9 heteroatoms. The Morgan fingerprint density at radius 2 is 2.04 bits per heavy atom. The third-order valence-electron chi connectivity index (χ3n) is 4.26. The molecule has 0 aliphatic rings. The summed E-state index contributed by atoms with van der Waals surface area (Å²) in [5.41, 5.74) is 1.94. The summed E-state index contributed by atoms with van der Waals surface area (Å²) in [6, 6.07) is 11.5. The van der Waals surface area contributed by atoms with Gasteiger partial charge in [-0.3, -0.25) is 0 Å². The summed E-state index contributed by atoms with van der Waals surface area (Å²) in [5, 5.41) is 25.7. The van der Waals surface area contributed by atoms with Crippen LogP contribution in [0.1, 0.15) is 24.7 Å². The van der Waals surface area contributed by atoms with E-state index >= 15 is 0 Å². The average Bonchev–Trinajstić information content (AvgIpc) is 3.45. The zero-order valence-corrected chi connectivity index (χ0v) is 14.8. The highest BCUT2D eigenvalue weighted by atomic mass is 16.3. The number of hydrogen-bond donors (Lipinski definition) is 1. The maximum Gasteiger partial charge on any atom is 0.217 e. The van der Waals surface area contributed by atoms with Crippen LogP contribution in [0.15, 0.2) is 53.4 Å². The SMILES string of the molecule is CC[C@@H](O)Cn1nc(-c2ccco2)nc1Cc1ccc(-n2cnnn2)cc1. The summed E-state index contributed by atoms with van der Waals surface area (Å²) in [6.45, 7) is 2.33. The van der Waals surface area contributed by atoms with Crippen molar-refractivity contribution in [3.05, 3.63) is 60.4 Å². The van der Waals surface area contributed by atoms with Gasteiger partial charge in [0.2, 0.25) is 5.82 Å². The fourth-order valence-electron chi connectivity index (χ4n) is 2.72. The Morgan fingerprint density at radius 1 is 1.19 bits per heavy atom. The molecule has 0 saturated heterocycles. The van der Waals surface area contributed by atoms with E-state index in [0.717, 1.165) is 17.1 Å². The molecule has 1 aromatic carbocycles. The molecule has 3 heterocycles. The second kappa shape index (κ2) is 7.50. The number of benzene rings is 1. The van der Waals surface area contributed by atoms with E-state index in [2.05, 4.69) is 25.6 Å². The van der Waals surface area contributed by atoms with Gasteiger partial charge in [0, 0.05) is 6.42 Å². The van der Waals surface area contributed by atoms with Crippen LogP contribution in [-0.4, -0.2) is 46.2 Å². The van der Waals surface area contributed by atoms with Crippen molar-refractivity contribution >= 4 is 0 Å². The van der Waals surface area contributed by atoms with Crippen LogP contribution in [0, 0.1) is 0 Å². The second-order valence-electron chi connectivity index (χ2n) is 6.17. The molecule has 0 aliphatic carbocycles. The van der Waals surface area contributed by atoms with Gasteiger partial charge in [0.05, 0.1) is 24.6 Å². The molecule has 0 aliphatic heterocycles. The van der Waals surface area contributed by atoms with E-state index < -0.39 is 6.10 Å². The van der Waals surface area contributed by atoms with Gasteiger partial charge in [0.15, 0.2) is 5.76 Å². The molecule has 0 amide bonds. The number of aliphatic hydroxyl groups excluding tert-OH is 1. The topological polar surface area (TPSA) is 108 Å². The smallest absolute Gasteiger partial charge is 0.217 e. The van der Waals surface area contributed by atoms with E-state index in [9.17, 15) is 5.11 Å². The van der Waals surface area contributed by atoms with Crippen LogP contribution in [0.5, 0.6) is 0 Å². The van der Waals surface area contributed by atoms with E-state index in [1.54, 1.807) is 28.0 Å². The van der Waals surface area contributed by atoms with Gasteiger partial charge >= 0.3 is 0 Å². The van der Waals surface area contributed by atoms with Gasteiger partial charge in [-0.1, -0.05) is 19.1 Å². The Kier molecular flexibility index (Phi) is 4.75. The molecule has 1 N–H and O–H groups in total. The maximum absolute atomic E-state index is 10.1. The van der Waals surface area contributed by atoms with Gasteiger partial charge in [0.1, 0.15) is 12.2 Å². The molecule has 1 atom stereocenters. The zero-order valence-electron chi connectivity index (χ0n) is 14.8. The zero-order chi connectivity index (χ0) is 18.6. The van der Waals surface area contributed by atoms with Crippen LogP contribution in [0.3, 0.4) is 0 Å². The third-order valence-corrected chi connectivity index (χ3v) is 4.26. The number of tetrazole rings is 1. The Hall–Kier alpha value is -3.33. The van der Waals surface area contributed by atoms with Crippen LogP contribution in [0.25, 0.3) is 17.3 Å². The minimum absolute atomic E-state index is 0.391. The van der Waals surface area contributed by atoms with Crippen LogP contribution < -0.4 is 0 Å². The largest absolute Gasteiger partial charge is 0.461 e. The van der Waals surface area contributed by atoms with Gasteiger partial charge in [-0.2, -0.15) is 0 Å². The first kappa shape index (κ1) is 17.1. The number of rotatable bonds is 7. The summed E-state index contributed by atoms with van der Waals surface area (Å²) < 4.78 is 8.75. The molecule has 4 aromatic rings. The molecule has 0 spiro atoms. The van der Waals surface area contributed by atoms with Crippen LogP contribution >= 0.6 is 0 Å². The van der Waals surface area contributed by atoms with E-state index in [-0.39, 0.29) is 0 Å². The maximum atomic E-state index is 10.1. The fraction of sp³-hybridized carbons (Fsp3) is 0.278. The average molecular weight is 365 g/mol. The number of furan rings is 1. The van der Waals surface area contributed by atoms with Crippen LogP contribution in [0.2, 0.25) is 0 Å². The lowest BCUT2D eigenvalue weighted by molar-refractivity contribution is 0.144. The second-order valence-corrected chi connectivity index (χ2v) is 6.17. The number of aliphatic hydroxyl groups is 1. The van der Waals surface area contributed by atoms with Gasteiger partial charge in [-0.15, -0.1) is 10.2 Å². The molecule has 3 aromatic heterocycles. The monoisotopic (exact) mass is 365 g/mol. The fourth-order valence-corrected chi connectivity index (χ4v) is 2.72. The predicted octanol–water partition coefficient (Wildman–Crippen LogP) is 1.88. The highest BCUT2D eigenvalue weighted by Gasteiger charge is 2.16. The van der Waals surface area contributed by atoms with Crippen molar-refractivity contribution in [1.29, 1.82) is 0 Å². The Bertz CT molecular complexity index is 976. The summed E-state index contributed by atoms with van der Waals surface area (Å²) in [6.07, 6.45) is 3.90. The van der Waals surface area contributed by atoms with Crippen molar-refractivity contribution in [2.45, 2.75) is 32.4 Å². The summed E-state index contributed by atoms with van der Waals surface area (Å²) in [5.74, 6) is 1.89. The van der Waals surface area contributed by atoms with Crippen molar-refractivity contribution in [3.8, 4) is 17.3 Å². The molecular weight excluding hydrogens is 346 g/mol. The number of aromatic nitrogens is 7. The highest BCUT2D eigenvalue weighted by molar-refractivity contribution is 5.45. The van der Waals surface area contributed by atoms with Gasteiger partial charge in [-0.05, 0) is 46.7 Å². The standard InChI is InChI=1S/C18H19N7O2/c1-2-15(26)11-24-17(20-18(21-24)16-4-3-9-27-16)10-13-5-7-14(8-6-13)25-12-19-22-23-25/h3-9,12,15,26H,2,10-11H2,1H3/t15-/m1/s1. The third kappa shape index (κ3) is 3.77. The number of hydrogen-bond acceptors (Lipinski definition) is 7. The van der Waals surface area contributed by atoms with Crippen molar-refractivity contribution < 1.29 is 9.52 Å². The molecule has 27 heavy (non-hydrogen) atoms. The lowest BCUT2D eigenvalue weighted by Gasteiger charge is -2.10.